The van der Waals surface area contributed by atoms with E-state index in [0.29, 0.717) is 0 Å². The molecule has 0 bridgehead atoms. The van der Waals surface area contributed by atoms with E-state index in [2.05, 4.69) is 4.98 Å². The molecular weight excluding hydrogens is 258 g/mol. The van der Waals surface area contributed by atoms with Crippen molar-refractivity contribution in [1.82, 2.24) is 4.98 Å². The van der Waals surface area contributed by atoms with E-state index < -0.39 is 16.7 Å². The molecule has 0 N–H and O–H groups in total. The van der Waals surface area contributed by atoms with Crippen LogP contribution in [0.5, 0.6) is 11.6 Å². The van der Waals surface area contributed by atoms with Crippen molar-refractivity contribution < 1.29 is 18.4 Å². The molecule has 0 radical (unpaired) electrons. The van der Waals surface area contributed by atoms with E-state index in [0.717, 1.165) is 12.1 Å². The molecule has 0 aliphatic rings. The van der Waals surface area contributed by atoms with Crippen LogP contribution in [0.1, 0.15) is 5.56 Å². The highest BCUT2D eigenvalue weighted by molar-refractivity contribution is 5.46. The summed E-state index contributed by atoms with van der Waals surface area (Å²) >= 11 is 0. The zero-order chi connectivity index (χ0) is 14.0. The predicted molar refractivity (Wildman–Crippen MR) is 62.1 cm³/mol. The zero-order valence-electron chi connectivity index (χ0n) is 9.76. The van der Waals surface area contributed by atoms with Gasteiger partial charge in [-0.1, -0.05) is 6.07 Å². The number of ether oxygens (including phenoxy) is 1. The van der Waals surface area contributed by atoms with Gasteiger partial charge in [-0.2, -0.15) is 9.37 Å². The summed E-state index contributed by atoms with van der Waals surface area (Å²) in [5.41, 5.74) is -0.116. The standard InChI is InChI=1S/C12H8F2N2O3/c1-7-5-10(8(13)6-9(7)16(17)18)19-12-4-2-3-11(14)15-12/h2-6H,1H3. The first-order valence-electron chi connectivity index (χ1n) is 5.22. The molecule has 0 amide bonds. The number of nitro benzene ring substituents is 1. The highest BCUT2D eigenvalue weighted by atomic mass is 19.1. The summed E-state index contributed by atoms with van der Waals surface area (Å²) in [6, 6.07) is 5.74. The molecule has 1 heterocycles. The lowest BCUT2D eigenvalue weighted by atomic mass is 10.2. The zero-order valence-corrected chi connectivity index (χ0v) is 9.76. The molecule has 98 valence electrons. The second kappa shape index (κ2) is 4.97. The Bertz CT molecular complexity index is 647. The Morgan fingerprint density at radius 1 is 1.32 bits per heavy atom. The molecule has 0 spiro atoms. The molecule has 5 nitrogen and oxygen atoms in total. The van der Waals surface area contributed by atoms with Crippen LogP contribution in [0.3, 0.4) is 0 Å². The minimum absolute atomic E-state index is 0.132. The fourth-order valence-electron chi connectivity index (χ4n) is 1.48. The van der Waals surface area contributed by atoms with E-state index >= 15 is 0 Å². The Morgan fingerprint density at radius 2 is 2.05 bits per heavy atom. The van der Waals surface area contributed by atoms with Crippen LogP contribution in [-0.4, -0.2) is 9.91 Å². The molecular formula is C12H8F2N2O3. The number of hydrogen-bond donors (Lipinski definition) is 0. The van der Waals surface area contributed by atoms with Gasteiger partial charge in [0, 0.05) is 11.6 Å². The van der Waals surface area contributed by atoms with Crippen LogP contribution in [0.4, 0.5) is 14.5 Å². The van der Waals surface area contributed by atoms with Crippen molar-refractivity contribution >= 4 is 5.69 Å². The monoisotopic (exact) mass is 266 g/mol. The van der Waals surface area contributed by atoms with Crippen LogP contribution >= 0.6 is 0 Å². The van der Waals surface area contributed by atoms with Gasteiger partial charge in [-0.25, -0.2) is 4.39 Å². The van der Waals surface area contributed by atoms with Crippen LogP contribution in [0.2, 0.25) is 0 Å². The fraction of sp³-hybridized carbons (Fsp3) is 0.0833. The molecule has 2 aromatic rings. The van der Waals surface area contributed by atoms with Crippen molar-refractivity contribution in [1.29, 1.82) is 0 Å². The van der Waals surface area contributed by atoms with E-state index in [4.69, 9.17) is 4.74 Å². The summed E-state index contributed by atoms with van der Waals surface area (Å²) in [7, 11) is 0. The largest absolute Gasteiger partial charge is 0.436 e. The van der Waals surface area contributed by atoms with Crippen molar-refractivity contribution in [2.45, 2.75) is 6.92 Å². The average Bonchev–Trinajstić information content (AvgIpc) is 2.33. The average molecular weight is 266 g/mol. The molecule has 0 unspecified atom stereocenters. The van der Waals surface area contributed by atoms with E-state index in [1.54, 1.807) is 0 Å². The molecule has 0 saturated carbocycles. The summed E-state index contributed by atoms with van der Waals surface area (Å²) < 4.78 is 31.5. The highest BCUT2D eigenvalue weighted by Crippen LogP contribution is 2.29. The van der Waals surface area contributed by atoms with Crippen molar-refractivity contribution in [3.05, 3.63) is 57.8 Å². The molecule has 19 heavy (non-hydrogen) atoms. The fourth-order valence-corrected chi connectivity index (χ4v) is 1.48. The first-order valence-corrected chi connectivity index (χ1v) is 5.22. The SMILES string of the molecule is Cc1cc(Oc2cccc(F)n2)c(F)cc1[N+](=O)[O-]. The van der Waals surface area contributed by atoms with E-state index in [1.807, 2.05) is 0 Å². The van der Waals surface area contributed by atoms with Gasteiger partial charge < -0.3 is 4.74 Å². The summed E-state index contributed by atoms with van der Waals surface area (Å²) in [6.07, 6.45) is 0. The van der Waals surface area contributed by atoms with Crippen LogP contribution in [0, 0.1) is 28.8 Å². The lowest BCUT2D eigenvalue weighted by Crippen LogP contribution is -1.97. The van der Waals surface area contributed by atoms with Gasteiger partial charge >= 0.3 is 0 Å². The normalized spacial score (nSPS) is 10.3. The quantitative estimate of drug-likeness (QED) is 0.485. The molecule has 0 aliphatic carbocycles. The molecule has 2 rings (SSSR count). The number of benzene rings is 1. The molecule has 1 aromatic heterocycles. The number of nitrogens with zero attached hydrogens (tertiary/aromatic N) is 2. The van der Waals surface area contributed by atoms with Crippen molar-refractivity contribution in [3.8, 4) is 11.6 Å². The third-order valence-corrected chi connectivity index (χ3v) is 2.35. The predicted octanol–water partition coefficient (Wildman–Crippen LogP) is 3.37. The van der Waals surface area contributed by atoms with Gasteiger partial charge in [0.2, 0.25) is 11.8 Å². The molecule has 1 aromatic carbocycles. The number of pyridine rings is 1. The lowest BCUT2D eigenvalue weighted by molar-refractivity contribution is -0.385. The minimum Gasteiger partial charge on any atom is -0.436 e. The van der Waals surface area contributed by atoms with Gasteiger partial charge in [0.1, 0.15) is 0 Å². The van der Waals surface area contributed by atoms with Gasteiger partial charge in [-0.05, 0) is 19.1 Å². The summed E-state index contributed by atoms with van der Waals surface area (Å²) in [5.74, 6) is -2.06. The van der Waals surface area contributed by atoms with Gasteiger partial charge in [0.05, 0.1) is 11.0 Å². The van der Waals surface area contributed by atoms with E-state index in [9.17, 15) is 18.9 Å². The Hall–Kier alpha value is -2.57. The molecule has 7 heteroatoms. The maximum atomic E-state index is 13.6. The third kappa shape index (κ3) is 2.82. The Morgan fingerprint density at radius 3 is 2.68 bits per heavy atom. The van der Waals surface area contributed by atoms with Gasteiger partial charge in [-0.3, -0.25) is 10.1 Å². The summed E-state index contributed by atoms with van der Waals surface area (Å²) in [4.78, 5) is 13.3. The molecule has 0 aliphatic heterocycles. The highest BCUT2D eigenvalue weighted by Gasteiger charge is 2.17. The number of aromatic nitrogens is 1. The van der Waals surface area contributed by atoms with Crippen LogP contribution in [0.25, 0.3) is 0 Å². The third-order valence-electron chi connectivity index (χ3n) is 2.35. The summed E-state index contributed by atoms with van der Waals surface area (Å²) in [5, 5.41) is 10.6. The minimum atomic E-state index is -0.914. The molecule has 0 atom stereocenters. The number of aryl methyl sites for hydroxylation is 1. The maximum absolute atomic E-state index is 13.6. The van der Waals surface area contributed by atoms with Crippen LogP contribution in [-0.2, 0) is 0 Å². The second-order valence-electron chi connectivity index (χ2n) is 3.73. The van der Waals surface area contributed by atoms with Crippen molar-refractivity contribution in [3.63, 3.8) is 0 Å². The number of hydrogen-bond acceptors (Lipinski definition) is 4. The maximum Gasteiger partial charge on any atom is 0.275 e. The van der Waals surface area contributed by atoms with Crippen LogP contribution in [0.15, 0.2) is 30.3 Å². The number of rotatable bonds is 3. The first kappa shape index (κ1) is 12.9. The lowest BCUT2D eigenvalue weighted by Gasteiger charge is -2.07. The van der Waals surface area contributed by atoms with Gasteiger partial charge in [-0.15, -0.1) is 0 Å². The van der Waals surface area contributed by atoms with Crippen molar-refractivity contribution in [2.75, 3.05) is 0 Å². The number of halogens is 2. The summed E-state index contributed by atoms with van der Waals surface area (Å²) in [6.45, 7) is 1.45. The van der Waals surface area contributed by atoms with Gasteiger partial charge in [0.15, 0.2) is 11.6 Å². The first-order chi connectivity index (χ1) is 8.97. The topological polar surface area (TPSA) is 65.3 Å². The second-order valence-corrected chi connectivity index (χ2v) is 3.73. The smallest absolute Gasteiger partial charge is 0.275 e. The Kier molecular flexibility index (Phi) is 3.37. The molecule has 0 saturated heterocycles. The molecule has 0 fully saturated rings. The van der Waals surface area contributed by atoms with E-state index in [-0.39, 0.29) is 22.9 Å². The Balaban J connectivity index is 2.36. The van der Waals surface area contributed by atoms with Gasteiger partial charge in [0.25, 0.3) is 5.69 Å². The Labute approximate surface area is 106 Å². The van der Waals surface area contributed by atoms with E-state index in [1.165, 1.54) is 25.1 Å². The number of nitro groups is 1. The van der Waals surface area contributed by atoms with Crippen LogP contribution < -0.4 is 4.74 Å². The van der Waals surface area contributed by atoms with Crippen molar-refractivity contribution in [2.24, 2.45) is 0 Å².